The molecule has 2 N–H and O–H groups in total. The topological polar surface area (TPSA) is 75.6 Å². The second-order valence-electron chi connectivity index (χ2n) is 3.18. The molecule has 0 aliphatic heterocycles. The SMILES string of the molecule is C=CCNC(=O)c1ccccc1OCC(=O)O. The van der Waals surface area contributed by atoms with Crippen LogP contribution in [0.5, 0.6) is 5.75 Å². The van der Waals surface area contributed by atoms with Crippen LogP contribution in [-0.4, -0.2) is 30.1 Å². The predicted molar refractivity (Wildman–Crippen MR) is 62.1 cm³/mol. The number of benzene rings is 1. The minimum atomic E-state index is -1.09. The second kappa shape index (κ2) is 6.32. The molecule has 0 unspecified atom stereocenters. The van der Waals surface area contributed by atoms with E-state index in [9.17, 15) is 9.59 Å². The van der Waals surface area contributed by atoms with Crippen molar-refractivity contribution in [2.75, 3.05) is 13.2 Å². The van der Waals surface area contributed by atoms with Crippen LogP contribution in [0.3, 0.4) is 0 Å². The van der Waals surface area contributed by atoms with Crippen LogP contribution in [-0.2, 0) is 4.79 Å². The van der Waals surface area contributed by atoms with Gasteiger partial charge in [-0.05, 0) is 12.1 Å². The van der Waals surface area contributed by atoms with Crippen LogP contribution in [0, 0.1) is 0 Å². The number of rotatable bonds is 6. The fraction of sp³-hybridized carbons (Fsp3) is 0.167. The van der Waals surface area contributed by atoms with E-state index < -0.39 is 12.6 Å². The van der Waals surface area contributed by atoms with Gasteiger partial charge in [-0.15, -0.1) is 6.58 Å². The van der Waals surface area contributed by atoms with Crippen molar-refractivity contribution in [2.45, 2.75) is 0 Å². The number of ether oxygens (including phenoxy) is 1. The second-order valence-corrected chi connectivity index (χ2v) is 3.18. The van der Waals surface area contributed by atoms with Crippen LogP contribution in [0.1, 0.15) is 10.4 Å². The maximum Gasteiger partial charge on any atom is 0.341 e. The Balaban J connectivity index is 2.79. The maximum atomic E-state index is 11.7. The first-order valence-electron chi connectivity index (χ1n) is 4.98. The van der Waals surface area contributed by atoms with Crippen molar-refractivity contribution in [3.05, 3.63) is 42.5 Å². The molecule has 1 aromatic carbocycles. The number of hydrogen-bond acceptors (Lipinski definition) is 3. The molecule has 0 saturated heterocycles. The Hall–Kier alpha value is -2.30. The molecule has 0 atom stereocenters. The van der Waals surface area contributed by atoms with Gasteiger partial charge >= 0.3 is 5.97 Å². The van der Waals surface area contributed by atoms with Gasteiger partial charge in [-0.3, -0.25) is 4.79 Å². The Morgan fingerprint density at radius 3 is 2.76 bits per heavy atom. The van der Waals surface area contributed by atoms with E-state index in [1.807, 2.05) is 0 Å². The summed E-state index contributed by atoms with van der Waals surface area (Å²) in [5.74, 6) is -1.17. The number of para-hydroxylation sites is 1. The maximum absolute atomic E-state index is 11.7. The number of carbonyl (C=O) groups excluding carboxylic acids is 1. The molecule has 0 aromatic heterocycles. The molecule has 0 aliphatic carbocycles. The van der Waals surface area contributed by atoms with Gasteiger partial charge in [0.05, 0.1) is 5.56 Å². The van der Waals surface area contributed by atoms with E-state index in [1.165, 1.54) is 0 Å². The van der Waals surface area contributed by atoms with Gasteiger partial charge in [0.25, 0.3) is 5.91 Å². The van der Waals surface area contributed by atoms with E-state index in [2.05, 4.69) is 11.9 Å². The van der Waals surface area contributed by atoms with E-state index in [0.717, 1.165) is 0 Å². The summed E-state index contributed by atoms with van der Waals surface area (Å²) in [6, 6.07) is 6.46. The highest BCUT2D eigenvalue weighted by Gasteiger charge is 2.11. The molecule has 1 amide bonds. The Morgan fingerprint density at radius 2 is 2.12 bits per heavy atom. The lowest BCUT2D eigenvalue weighted by molar-refractivity contribution is -0.139. The van der Waals surface area contributed by atoms with Crippen molar-refractivity contribution >= 4 is 11.9 Å². The van der Waals surface area contributed by atoms with Crippen molar-refractivity contribution in [1.82, 2.24) is 5.32 Å². The van der Waals surface area contributed by atoms with Gasteiger partial charge in [0.15, 0.2) is 6.61 Å². The standard InChI is InChI=1S/C12H13NO4/c1-2-7-13-12(16)9-5-3-4-6-10(9)17-8-11(14)15/h2-6H,1,7-8H2,(H,13,16)(H,14,15). The Bertz CT molecular complexity index is 428. The number of nitrogens with one attached hydrogen (secondary N) is 1. The van der Waals surface area contributed by atoms with E-state index in [4.69, 9.17) is 9.84 Å². The lowest BCUT2D eigenvalue weighted by atomic mass is 10.2. The molecule has 0 radical (unpaired) electrons. The van der Waals surface area contributed by atoms with Gasteiger partial charge in [-0.25, -0.2) is 4.79 Å². The average Bonchev–Trinajstić information content (AvgIpc) is 2.33. The van der Waals surface area contributed by atoms with Gasteiger partial charge in [0.1, 0.15) is 5.75 Å². The molecule has 90 valence electrons. The zero-order valence-corrected chi connectivity index (χ0v) is 9.18. The third-order valence-electron chi connectivity index (χ3n) is 1.89. The number of amides is 1. The number of carboxylic acids is 1. The first kappa shape index (κ1) is 12.8. The summed E-state index contributed by atoms with van der Waals surface area (Å²) in [5, 5.41) is 11.1. The highest BCUT2D eigenvalue weighted by atomic mass is 16.5. The predicted octanol–water partition coefficient (Wildman–Crippen LogP) is 1.07. The molecule has 0 spiro atoms. The number of carbonyl (C=O) groups is 2. The summed E-state index contributed by atoms with van der Waals surface area (Å²) in [6.07, 6.45) is 1.55. The van der Waals surface area contributed by atoms with E-state index >= 15 is 0 Å². The lowest BCUT2D eigenvalue weighted by Crippen LogP contribution is -2.24. The summed E-state index contributed by atoms with van der Waals surface area (Å²) >= 11 is 0. The fourth-order valence-corrected chi connectivity index (χ4v) is 1.18. The van der Waals surface area contributed by atoms with Crippen LogP contribution in [0.25, 0.3) is 0 Å². The summed E-state index contributed by atoms with van der Waals surface area (Å²) < 4.78 is 5.01. The number of hydrogen-bond donors (Lipinski definition) is 2. The van der Waals surface area contributed by atoms with E-state index in [1.54, 1.807) is 30.3 Å². The zero-order valence-electron chi connectivity index (χ0n) is 9.18. The summed E-state index contributed by atoms with van der Waals surface area (Å²) in [4.78, 5) is 22.1. The molecule has 17 heavy (non-hydrogen) atoms. The minimum Gasteiger partial charge on any atom is -0.481 e. The fourth-order valence-electron chi connectivity index (χ4n) is 1.18. The normalized spacial score (nSPS) is 9.41. The van der Waals surface area contributed by atoms with Gasteiger partial charge in [-0.1, -0.05) is 18.2 Å². The van der Waals surface area contributed by atoms with Crippen molar-refractivity contribution in [3.8, 4) is 5.75 Å². The number of carboxylic acid groups (broad SMARTS) is 1. The van der Waals surface area contributed by atoms with Crippen LogP contribution in [0.2, 0.25) is 0 Å². The van der Waals surface area contributed by atoms with Crippen LogP contribution < -0.4 is 10.1 Å². The summed E-state index contributed by atoms with van der Waals surface area (Å²) in [5.41, 5.74) is 0.301. The third-order valence-corrected chi connectivity index (χ3v) is 1.89. The van der Waals surface area contributed by atoms with Crippen LogP contribution in [0.4, 0.5) is 0 Å². The van der Waals surface area contributed by atoms with Crippen molar-refractivity contribution < 1.29 is 19.4 Å². The van der Waals surface area contributed by atoms with Gasteiger partial charge in [0, 0.05) is 6.54 Å². The van der Waals surface area contributed by atoms with Crippen LogP contribution in [0.15, 0.2) is 36.9 Å². The van der Waals surface area contributed by atoms with Crippen molar-refractivity contribution in [1.29, 1.82) is 0 Å². The van der Waals surface area contributed by atoms with Crippen molar-refractivity contribution in [3.63, 3.8) is 0 Å². The minimum absolute atomic E-state index is 0.247. The van der Waals surface area contributed by atoms with E-state index in [0.29, 0.717) is 12.1 Å². The molecule has 0 aliphatic rings. The quantitative estimate of drug-likeness (QED) is 0.723. The smallest absolute Gasteiger partial charge is 0.341 e. The Morgan fingerprint density at radius 1 is 1.41 bits per heavy atom. The molecular weight excluding hydrogens is 222 g/mol. The molecule has 5 heteroatoms. The van der Waals surface area contributed by atoms with Gasteiger partial charge in [-0.2, -0.15) is 0 Å². The Kier molecular flexibility index (Phi) is 4.75. The third kappa shape index (κ3) is 3.98. The highest BCUT2D eigenvalue weighted by Crippen LogP contribution is 2.17. The van der Waals surface area contributed by atoms with Gasteiger partial charge < -0.3 is 15.2 Å². The molecule has 1 aromatic rings. The van der Waals surface area contributed by atoms with Crippen LogP contribution >= 0.6 is 0 Å². The molecule has 5 nitrogen and oxygen atoms in total. The van der Waals surface area contributed by atoms with Gasteiger partial charge in [0.2, 0.25) is 0 Å². The Labute approximate surface area is 98.7 Å². The molecule has 0 fully saturated rings. The highest BCUT2D eigenvalue weighted by molar-refractivity contribution is 5.97. The molecule has 0 saturated carbocycles. The summed E-state index contributed by atoms with van der Waals surface area (Å²) in [7, 11) is 0. The zero-order chi connectivity index (χ0) is 12.7. The van der Waals surface area contributed by atoms with E-state index in [-0.39, 0.29) is 11.7 Å². The largest absolute Gasteiger partial charge is 0.481 e. The monoisotopic (exact) mass is 235 g/mol. The number of aliphatic carboxylic acids is 1. The molecule has 0 heterocycles. The molecular formula is C12H13NO4. The molecule has 0 bridgehead atoms. The summed E-state index contributed by atoms with van der Waals surface area (Å²) in [6.45, 7) is 3.34. The first-order chi connectivity index (χ1) is 8.15. The first-order valence-corrected chi connectivity index (χ1v) is 4.98. The average molecular weight is 235 g/mol. The van der Waals surface area contributed by atoms with Crippen molar-refractivity contribution in [2.24, 2.45) is 0 Å². The molecule has 1 rings (SSSR count). The lowest BCUT2D eigenvalue weighted by Gasteiger charge is -2.09.